The molecule has 1 N–H and O–H groups in total. The molecule has 62 valence electrons. The maximum Gasteiger partial charge on any atom is 0.306 e. The normalized spacial score (nSPS) is 23.0. The van der Waals surface area contributed by atoms with E-state index in [2.05, 4.69) is 4.74 Å². The average Bonchev–Trinajstić information content (AvgIpc) is 2.35. The second-order valence-corrected chi connectivity index (χ2v) is 2.74. The molecule has 3 heteroatoms. The predicted molar refractivity (Wildman–Crippen MR) is 40.1 cm³/mol. The fraction of sp³-hybridized carbons (Fsp3) is 0.625. The number of aliphatic hydroxyl groups is 1. The first-order chi connectivity index (χ1) is 5.22. The quantitative estimate of drug-likeness (QED) is 0.615. The Morgan fingerprint density at radius 3 is 3.09 bits per heavy atom. The third kappa shape index (κ3) is 2.26. The molecule has 0 aromatic heterocycles. The minimum absolute atomic E-state index is 0.183. The van der Waals surface area contributed by atoms with Gasteiger partial charge in [0.15, 0.2) is 0 Å². The molecule has 0 saturated heterocycles. The van der Waals surface area contributed by atoms with Crippen molar-refractivity contribution in [1.29, 1.82) is 0 Å². The van der Waals surface area contributed by atoms with Gasteiger partial charge >= 0.3 is 5.97 Å². The summed E-state index contributed by atoms with van der Waals surface area (Å²) >= 11 is 0. The number of esters is 1. The van der Waals surface area contributed by atoms with Crippen molar-refractivity contribution >= 4 is 5.97 Å². The van der Waals surface area contributed by atoms with E-state index < -0.39 is 0 Å². The van der Waals surface area contributed by atoms with Crippen molar-refractivity contribution in [2.45, 2.75) is 19.3 Å². The van der Waals surface area contributed by atoms with Crippen LogP contribution in [0.1, 0.15) is 19.3 Å². The van der Waals surface area contributed by atoms with Gasteiger partial charge in [0, 0.05) is 6.42 Å². The van der Waals surface area contributed by atoms with Crippen LogP contribution in [0.25, 0.3) is 0 Å². The number of carbonyl (C=O) groups excluding carboxylic acids is 1. The van der Waals surface area contributed by atoms with Crippen LogP contribution in [0, 0.1) is 5.92 Å². The maximum absolute atomic E-state index is 10.7. The van der Waals surface area contributed by atoms with Crippen LogP contribution in [0.4, 0.5) is 0 Å². The molecule has 0 aromatic carbocycles. The van der Waals surface area contributed by atoms with Gasteiger partial charge in [0.05, 0.1) is 19.3 Å². The molecule has 1 rings (SSSR count). The van der Waals surface area contributed by atoms with Gasteiger partial charge in [0.2, 0.25) is 0 Å². The van der Waals surface area contributed by atoms with Crippen molar-refractivity contribution in [2.24, 2.45) is 5.92 Å². The molecule has 0 aliphatic heterocycles. The number of ether oxygens (including phenoxy) is 1. The van der Waals surface area contributed by atoms with E-state index in [0.717, 1.165) is 6.42 Å². The van der Waals surface area contributed by atoms with Gasteiger partial charge in [-0.05, 0) is 18.4 Å². The van der Waals surface area contributed by atoms with Gasteiger partial charge < -0.3 is 9.84 Å². The fourth-order valence-electron chi connectivity index (χ4n) is 1.23. The van der Waals surface area contributed by atoms with Gasteiger partial charge in [-0.3, -0.25) is 4.79 Å². The van der Waals surface area contributed by atoms with Gasteiger partial charge in [-0.25, -0.2) is 0 Å². The molecule has 0 radical (unpaired) electrons. The predicted octanol–water partition coefficient (Wildman–Crippen LogP) is 1.40. The van der Waals surface area contributed by atoms with E-state index in [-0.39, 0.29) is 11.9 Å². The van der Waals surface area contributed by atoms with Crippen LogP contribution in [0.3, 0.4) is 0 Å². The van der Waals surface area contributed by atoms with E-state index in [9.17, 15) is 4.79 Å². The zero-order chi connectivity index (χ0) is 8.27. The highest BCUT2D eigenvalue weighted by molar-refractivity contribution is 5.69. The SMILES string of the molecule is COC(=O)CC1C=C(O)CC1. The summed E-state index contributed by atoms with van der Waals surface area (Å²) in [7, 11) is 1.38. The van der Waals surface area contributed by atoms with Crippen LogP contribution in [-0.2, 0) is 9.53 Å². The largest absolute Gasteiger partial charge is 0.513 e. The van der Waals surface area contributed by atoms with Crippen molar-refractivity contribution < 1.29 is 14.6 Å². The van der Waals surface area contributed by atoms with E-state index in [1.54, 1.807) is 6.08 Å². The second-order valence-electron chi connectivity index (χ2n) is 2.74. The molecule has 1 unspecified atom stereocenters. The second kappa shape index (κ2) is 3.42. The van der Waals surface area contributed by atoms with Crippen molar-refractivity contribution in [3.8, 4) is 0 Å². The molecule has 0 heterocycles. The summed E-state index contributed by atoms with van der Waals surface area (Å²) in [4.78, 5) is 10.7. The van der Waals surface area contributed by atoms with Crippen LogP contribution in [-0.4, -0.2) is 18.2 Å². The first kappa shape index (κ1) is 8.11. The molecule has 0 spiro atoms. The molecule has 1 aliphatic carbocycles. The van der Waals surface area contributed by atoms with Crippen molar-refractivity contribution in [3.05, 3.63) is 11.8 Å². The summed E-state index contributed by atoms with van der Waals surface area (Å²) < 4.78 is 4.50. The number of hydrogen-bond acceptors (Lipinski definition) is 3. The van der Waals surface area contributed by atoms with E-state index in [1.165, 1.54) is 7.11 Å². The van der Waals surface area contributed by atoms with Gasteiger partial charge in [0.1, 0.15) is 0 Å². The lowest BCUT2D eigenvalue weighted by Gasteiger charge is -2.02. The van der Waals surface area contributed by atoms with Crippen LogP contribution in [0.5, 0.6) is 0 Å². The monoisotopic (exact) mass is 156 g/mol. The molecule has 3 nitrogen and oxygen atoms in total. The Balaban J connectivity index is 2.34. The summed E-state index contributed by atoms with van der Waals surface area (Å²) in [6.07, 6.45) is 3.68. The molecular formula is C8H12O3. The molecule has 1 aliphatic rings. The zero-order valence-electron chi connectivity index (χ0n) is 6.54. The fourth-order valence-corrected chi connectivity index (χ4v) is 1.23. The lowest BCUT2D eigenvalue weighted by atomic mass is 10.1. The molecule has 11 heavy (non-hydrogen) atoms. The summed E-state index contributed by atoms with van der Waals surface area (Å²) in [6, 6.07) is 0. The van der Waals surface area contributed by atoms with Gasteiger partial charge in [0.25, 0.3) is 0 Å². The van der Waals surface area contributed by atoms with Gasteiger partial charge in [-0.15, -0.1) is 0 Å². The van der Waals surface area contributed by atoms with Crippen molar-refractivity contribution in [1.82, 2.24) is 0 Å². The number of allylic oxidation sites excluding steroid dienone is 2. The molecule has 0 bridgehead atoms. The Kier molecular flexibility index (Phi) is 2.52. The van der Waals surface area contributed by atoms with E-state index in [0.29, 0.717) is 18.6 Å². The molecule has 0 fully saturated rings. The van der Waals surface area contributed by atoms with Crippen LogP contribution in [0.15, 0.2) is 11.8 Å². The lowest BCUT2D eigenvalue weighted by molar-refractivity contribution is -0.141. The highest BCUT2D eigenvalue weighted by Gasteiger charge is 2.18. The summed E-state index contributed by atoms with van der Waals surface area (Å²) in [5.74, 6) is 0.377. The third-order valence-electron chi connectivity index (χ3n) is 1.86. The lowest BCUT2D eigenvalue weighted by Crippen LogP contribution is -2.05. The summed E-state index contributed by atoms with van der Waals surface area (Å²) in [5, 5.41) is 8.99. The first-order valence-electron chi connectivity index (χ1n) is 3.69. The molecule has 0 saturated carbocycles. The van der Waals surface area contributed by atoms with E-state index in [4.69, 9.17) is 5.11 Å². The van der Waals surface area contributed by atoms with E-state index in [1.807, 2.05) is 0 Å². The Labute approximate surface area is 65.7 Å². The third-order valence-corrected chi connectivity index (χ3v) is 1.86. The smallest absolute Gasteiger partial charge is 0.306 e. The average molecular weight is 156 g/mol. The molecule has 0 aromatic rings. The minimum Gasteiger partial charge on any atom is -0.513 e. The van der Waals surface area contributed by atoms with Gasteiger partial charge in [-0.2, -0.15) is 0 Å². The Hall–Kier alpha value is -0.990. The highest BCUT2D eigenvalue weighted by Crippen LogP contribution is 2.24. The molecular weight excluding hydrogens is 144 g/mol. The number of rotatable bonds is 2. The van der Waals surface area contributed by atoms with Crippen LogP contribution in [0.2, 0.25) is 0 Å². The Morgan fingerprint density at radius 1 is 1.91 bits per heavy atom. The van der Waals surface area contributed by atoms with E-state index >= 15 is 0 Å². The van der Waals surface area contributed by atoms with Gasteiger partial charge in [-0.1, -0.05) is 0 Å². The first-order valence-corrected chi connectivity index (χ1v) is 3.69. The van der Waals surface area contributed by atoms with Crippen LogP contribution >= 0.6 is 0 Å². The van der Waals surface area contributed by atoms with Crippen molar-refractivity contribution in [2.75, 3.05) is 7.11 Å². The molecule has 1 atom stereocenters. The number of hydrogen-bond donors (Lipinski definition) is 1. The standard InChI is InChI=1S/C8H12O3/c1-11-8(10)5-6-2-3-7(9)4-6/h4,6,9H,2-3,5H2,1H3. The number of carbonyl (C=O) groups is 1. The highest BCUT2D eigenvalue weighted by atomic mass is 16.5. The Morgan fingerprint density at radius 2 is 2.64 bits per heavy atom. The summed E-state index contributed by atoms with van der Waals surface area (Å²) in [6.45, 7) is 0. The number of methoxy groups -OCH3 is 1. The molecule has 0 amide bonds. The van der Waals surface area contributed by atoms with Crippen LogP contribution < -0.4 is 0 Å². The zero-order valence-corrected chi connectivity index (χ0v) is 6.54. The summed E-state index contributed by atoms with van der Waals surface area (Å²) in [5.41, 5.74) is 0. The topological polar surface area (TPSA) is 46.5 Å². The van der Waals surface area contributed by atoms with Crippen molar-refractivity contribution in [3.63, 3.8) is 0 Å². The number of aliphatic hydroxyl groups excluding tert-OH is 1. The minimum atomic E-state index is -0.207. The maximum atomic E-state index is 10.7. The Bertz CT molecular complexity index is 184.